The van der Waals surface area contributed by atoms with E-state index in [0.717, 1.165) is 43.8 Å². The summed E-state index contributed by atoms with van der Waals surface area (Å²) in [7, 11) is 0. The summed E-state index contributed by atoms with van der Waals surface area (Å²) in [5.74, 6) is 2.40. The fourth-order valence-electron chi connectivity index (χ4n) is 2.69. The first-order valence-electron chi connectivity index (χ1n) is 8.50. The summed E-state index contributed by atoms with van der Waals surface area (Å²) >= 11 is 0. The van der Waals surface area contributed by atoms with Gasteiger partial charge in [-0.25, -0.2) is 9.97 Å². The molecule has 2 N–H and O–H groups in total. The van der Waals surface area contributed by atoms with Gasteiger partial charge < -0.3 is 24.8 Å². The topological polar surface area (TPSA) is 84.3 Å². The third-order valence-electron chi connectivity index (χ3n) is 3.91. The monoisotopic (exact) mass is 344 g/mol. The zero-order valence-electron chi connectivity index (χ0n) is 14.4. The molecule has 1 amide bonds. The number of hydrogen-bond donors (Lipinski definition) is 2. The van der Waals surface area contributed by atoms with Crippen molar-refractivity contribution in [2.45, 2.75) is 13.5 Å². The maximum atomic E-state index is 11.8. The number of morpholine rings is 1. The van der Waals surface area contributed by atoms with E-state index in [1.807, 2.05) is 42.1 Å². The SMILES string of the molecule is Cc1nc(NCCNC(=O)Cn2cccc2)cc(N2CCOCC2)n1. The van der Waals surface area contributed by atoms with Crippen LogP contribution in [-0.4, -0.2) is 59.8 Å². The Morgan fingerprint density at radius 1 is 1.20 bits per heavy atom. The lowest BCUT2D eigenvalue weighted by molar-refractivity contribution is -0.121. The van der Waals surface area contributed by atoms with E-state index in [4.69, 9.17) is 4.74 Å². The first-order chi connectivity index (χ1) is 12.2. The highest BCUT2D eigenvalue weighted by Gasteiger charge is 2.14. The van der Waals surface area contributed by atoms with Gasteiger partial charge in [0.15, 0.2) is 0 Å². The van der Waals surface area contributed by atoms with Crippen LogP contribution in [0.5, 0.6) is 0 Å². The molecule has 2 aromatic rings. The Balaban J connectivity index is 1.46. The Morgan fingerprint density at radius 3 is 2.72 bits per heavy atom. The summed E-state index contributed by atoms with van der Waals surface area (Å²) in [4.78, 5) is 22.9. The van der Waals surface area contributed by atoms with E-state index in [2.05, 4.69) is 25.5 Å². The van der Waals surface area contributed by atoms with Crippen molar-refractivity contribution in [3.05, 3.63) is 36.4 Å². The number of amides is 1. The van der Waals surface area contributed by atoms with Crippen molar-refractivity contribution in [3.8, 4) is 0 Å². The number of anilines is 2. The molecule has 0 spiro atoms. The Labute approximate surface area is 147 Å². The van der Waals surface area contributed by atoms with Gasteiger partial charge in [-0.3, -0.25) is 4.79 Å². The Hall–Kier alpha value is -2.61. The van der Waals surface area contributed by atoms with Crippen LogP contribution in [0.1, 0.15) is 5.82 Å². The average molecular weight is 344 g/mol. The van der Waals surface area contributed by atoms with Gasteiger partial charge in [0, 0.05) is 44.6 Å². The van der Waals surface area contributed by atoms with Gasteiger partial charge in [0.05, 0.1) is 13.2 Å². The molecule has 1 aliphatic rings. The summed E-state index contributed by atoms with van der Waals surface area (Å²) < 4.78 is 7.22. The minimum absolute atomic E-state index is 0.00845. The van der Waals surface area contributed by atoms with Gasteiger partial charge in [-0.05, 0) is 19.1 Å². The largest absolute Gasteiger partial charge is 0.378 e. The van der Waals surface area contributed by atoms with E-state index in [1.54, 1.807) is 0 Å². The van der Waals surface area contributed by atoms with Gasteiger partial charge in [0.2, 0.25) is 5.91 Å². The van der Waals surface area contributed by atoms with Gasteiger partial charge in [-0.15, -0.1) is 0 Å². The molecule has 8 nitrogen and oxygen atoms in total. The number of ether oxygens (including phenoxy) is 1. The predicted molar refractivity (Wildman–Crippen MR) is 95.7 cm³/mol. The van der Waals surface area contributed by atoms with Crippen molar-refractivity contribution in [3.63, 3.8) is 0 Å². The normalized spacial score (nSPS) is 14.4. The van der Waals surface area contributed by atoms with E-state index in [1.165, 1.54) is 0 Å². The van der Waals surface area contributed by atoms with Crippen molar-refractivity contribution in [2.24, 2.45) is 0 Å². The standard InChI is InChI=1S/C17H24N6O2/c1-14-20-15(12-16(21-14)23-8-10-25-11-9-23)18-4-5-19-17(24)13-22-6-2-3-7-22/h2-3,6-7,12H,4-5,8-11,13H2,1H3,(H,19,24)(H,18,20,21). The first kappa shape index (κ1) is 17.2. The summed E-state index contributed by atoms with van der Waals surface area (Å²) in [6, 6.07) is 5.75. The number of carbonyl (C=O) groups excluding carboxylic acids is 1. The molecular formula is C17H24N6O2. The Morgan fingerprint density at radius 2 is 1.96 bits per heavy atom. The van der Waals surface area contributed by atoms with Crippen molar-refractivity contribution in [1.82, 2.24) is 19.9 Å². The third-order valence-corrected chi connectivity index (χ3v) is 3.91. The van der Waals surface area contributed by atoms with Crippen LogP contribution in [-0.2, 0) is 16.1 Å². The number of rotatable bonds is 7. The van der Waals surface area contributed by atoms with Crippen LogP contribution in [0.2, 0.25) is 0 Å². The zero-order valence-corrected chi connectivity index (χ0v) is 14.4. The average Bonchev–Trinajstić information content (AvgIpc) is 3.12. The van der Waals surface area contributed by atoms with Gasteiger partial charge in [0.25, 0.3) is 0 Å². The summed E-state index contributed by atoms with van der Waals surface area (Å²) in [6.07, 6.45) is 3.74. The predicted octanol–water partition coefficient (Wildman–Crippen LogP) is 0.651. The second-order valence-electron chi connectivity index (χ2n) is 5.89. The molecule has 0 aliphatic carbocycles. The van der Waals surface area contributed by atoms with Crippen molar-refractivity contribution in [2.75, 3.05) is 49.6 Å². The molecule has 1 fully saturated rings. The maximum absolute atomic E-state index is 11.8. The molecule has 0 saturated carbocycles. The molecule has 0 aromatic carbocycles. The molecule has 3 heterocycles. The van der Waals surface area contributed by atoms with E-state index in [0.29, 0.717) is 19.6 Å². The highest BCUT2D eigenvalue weighted by molar-refractivity contribution is 5.75. The first-order valence-corrected chi connectivity index (χ1v) is 8.50. The van der Waals surface area contributed by atoms with E-state index in [-0.39, 0.29) is 5.91 Å². The molecule has 1 saturated heterocycles. The van der Waals surface area contributed by atoms with Crippen LogP contribution in [0.15, 0.2) is 30.6 Å². The Bertz CT molecular complexity index is 682. The molecule has 1 aliphatic heterocycles. The highest BCUT2D eigenvalue weighted by atomic mass is 16.5. The lowest BCUT2D eigenvalue weighted by Crippen LogP contribution is -2.37. The molecule has 2 aromatic heterocycles. The molecule has 0 radical (unpaired) electrons. The van der Waals surface area contributed by atoms with E-state index in [9.17, 15) is 4.79 Å². The van der Waals surface area contributed by atoms with Crippen LogP contribution in [0.3, 0.4) is 0 Å². The third kappa shape index (κ3) is 5.18. The minimum atomic E-state index is -0.00845. The molecule has 0 bridgehead atoms. The van der Waals surface area contributed by atoms with Crippen molar-refractivity contribution < 1.29 is 9.53 Å². The molecule has 25 heavy (non-hydrogen) atoms. The number of aryl methyl sites for hydroxylation is 1. The van der Waals surface area contributed by atoms with E-state index >= 15 is 0 Å². The maximum Gasteiger partial charge on any atom is 0.239 e. The van der Waals surface area contributed by atoms with E-state index < -0.39 is 0 Å². The summed E-state index contributed by atoms with van der Waals surface area (Å²) in [5, 5.41) is 6.14. The smallest absolute Gasteiger partial charge is 0.239 e. The molecule has 3 rings (SSSR count). The van der Waals surface area contributed by atoms with Crippen molar-refractivity contribution in [1.29, 1.82) is 0 Å². The zero-order chi connectivity index (χ0) is 17.5. The number of hydrogen-bond acceptors (Lipinski definition) is 6. The molecule has 0 unspecified atom stereocenters. The molecule has 0 atom stereocenters. The summed E-state index contributed by atoms with van der Waals surface area (Å²) in [5.41, 5.74) is 0. The van der Waals surface area contributed by atoms with Gasteiger partial charge >= 0.3 is 0 Å². The highest BCUT2D eigenvalue weighted by Crippen LogP contribution is 2.16. The lowest BCUT2D eigenvalue weighted by Gasteiger charge is -2.28. The number of nitrogens with zero attached hydrogens (tertiary/aromatic N) is 4. The van der Waals surface area contributed by atoms with Crippen LogP contribution in [0, 0.1) is 6.92 Å². The van der Waals surface area contributed by atoms with Gasteiger partial charge in [-0.1, -0.05) is 0 Å². The van der Waals surface area contributed by atoms with Crippen LogP contribution >= 0.6 is 0 Å². The number of carbonyl (C=O) groups is 1. The molecule has 134 valence electrons. The van der Waals surface area contributed by atoms with Crippen LogP contribution < -0.4 is 15.5 Å². The number of nitrogens with one attached hydrogen (secondary N) is 2. The van der Waals surface area contributed by atoms with Crippen molar-refractivity contribution >= 4 is 17.5 Å². The van der Waals surface area contributed by atoms with Gasteiger partial charge in [-0.2, -0.15) is 0 Å². The molecular weight excluding hydrogens is 320 g/mol. The number of aromatic nitrogens is 3. The lowest BCUT2D eigenvalue weighted by atomic mass is 10.4. The van der Waals surface area contributed by atoms with Gasteiger partial charge in [0.1, 0.15) is 24.0 Å². The van der Waals surface area contributed by atoms with Crippen LogP contribution in [0.25, 0.3) is 0 Å². The second-order valence-corrected chi connectivity index (χ2v) is 5.89. The second kappa shape index (κ2) is 8.48. The fourth-order valence-corrected chi connectivity index (χ4v) is 2.69. The molecule has 8 heteroatoms. The minimum Gasteiger partial charge on any atom is -0.378 e. The van der Waals surface area contributed by atoms with Crippen LogP contribution in [0.4, 0.5) is 11.6 Å². The fraction of sp³-hybridized carbons (Fsp3) is 0.471. The Kier molecular flexibility index (Phi) is 5.84. The summed E-state index contributed by atoms with van der Waals surface area (Å²) in [6.45, 7) is 6.48. The quantitative estimate of drug-likeness (QED) is 0.718.